The van der Waals surface area contributed by atoms with Gasteiger partial charge in [-0.05, 0) is 19.1 Å². The zero-order valence-electron chi connectivity index (χ0n) is 12.4. The second-order valence-corrected chi connectivity index (χ2v) is 6.18. The number of ether oxygens (including phenoxy) is 1. The Balaban J connectivity index is 1.38. The quantitative estimate of drug-likeness (QED) is 0.849. The first kappa shape index (κ1) is 14.4. The Morgan fingerprint density at radius 1 is 1.14 bits per heavy atom. The molecule has 2 heterocycles. The van der Waals surface area contributed by atoms with Crippen LogP contribution >= 0.6 is 11.3 Å². The van der Waals surface area contributed by atoms with Crippen LogP contribution in [0.3, 0.4) is 0 Å². The lowest BCUT2D eigenvalue weighted by molar-refractivity contribution is 0.200. The monoisotopic (exact) mass is 303 g/mol. The predicted octanol–water partition coefficient (Wildman–Crippen LogP) is 2.65. The van der Waals surface area contributed by atoms with Crippen LogP contribution in [0.25, 0.3) is 0 Å². The molecule has 0 spiro atoms. The Labute approximate surface area is 130 Å². The normalized spacial score (nSPS) is 16.1. The summed E-state index contributed by atoms with van der Waals surface area (Å²) in [7, 11) is 0. The van der Waals surface area contributed by atoms with E-state index in [1.54, 1.807) is 11.3 Å². The first-order valence-electron chi connectivity index (χ1n) is 7.37. The fourth-order valence-electron chi connectivity index (χ4n) is 2.46. The molecule has 112 valence electrons. The van der Waals surface area contributed by atoms with E-state index in [2.05, 4.69) is 33.8 Å². The van der Waals surface area contributed by atoms with E-state index >= 15 is 0 Å². The topological polar surface area (TPSA) is 28.6 Å². The molecule has 0 saturated carbocycles. The third-order valence-corrected chi connectivity index (χ3v) is 4.59. The molecule has 5 heteroatoms. The summed E-state index contributed by atoms with van der Waals surface area (Å²) in [6.07, 6.45) is 1.88. The van der Waals surface area contributed by atoms with Crippen molar-refractivity contribution in [3.8, 4) is 5.75 Å². The van der Waals surface area contributed by atoms with Gasteiger partial charge in [-0.25, -0.2) is 4.98 Å². The Morgan fingerprint density at radius 3 is 2.57 bits per heavy atom. The minimum absolute atomic E-state index is 0.750. The summed E-state index contributed by atoms with van der Waals surface area (Å²) in [4.78, 5) is 9.19. The molecule has 1 aliphatic rings. The molecule has 0 N–H and O–H groups in total. The van der Waals surface area contributed by atoms with Crippen molar-refractivity contribution in [1.29, 1.82) is 0 Å². The van der Waals surface area contributed by atoms with Crippen LogP contribution in [0.4, 0.5) is 5.13 Å². The number of benzene rings is 1. The van der Waals surface area contributed by atoms with Crippen molar-refractivity contribution >= 4 is 16.5 Å². The summed E-state index contributed by atoms with van der Waals surface area (Å²) in [5.41, 5.74) is 1.26. The molecular weight excluding hydrogens is 282 g/mol. The Hall–Kier alpha value is -1.59. The van der Waals surface area contributed by atoms with E-state index in [1.807, 2.05) is 23.7 Å². The largest absolute Gasteiger partial charge is 0.492 e. The summed E-state index contributed by atoms with van der Waals surface area (Å²) in [6, 6.07) is 8.25. The number of nitrogens with zero attached hydrogens (tertiary/aromatic N) is 3. The van der Waals surface area contributed by atoms with Crippen LogP contribution in [-0.2, 0) is 0 Å². The Bertz CT molecular complexity index is 533. The molecule has 1 aromatic heterocycles. The molecule has 4 nitrogen and oxygen atoms in total. The van der Waals surface area contributed by atoms with Crippen LogP contribution in [0, 0.1) is 6.92 Å². The molecule has 0 aliphatic carbocycles. The number of thiazole rings is 1. The van der Waals surface area contributed by atoms with E-state index in [0.29, 0.717) is 0 Å². The highest BCUT2D eigenvalue weighted by atomic mass is 32.1. The first-order chi connectivity index (χ1) is 10.3. The van der Waals surface area contributed by atoms with Crippen LogP contribution in [0.1, 0.15) is 5.56 Å². The molecule has 1 aromatic carbocycles. The highest BCUT2D eigenvalue weighted by Crippen LogP contribution is 2.18. The predicted molar refractivity (Wildman–Crippen MR) is 87.4 cm³/mol. The smallest absolute Gasteiger partial charge is 0.185 e. The van der Waals surface area contributed by atoms with Crippen molar-refractivity contribution < 1.29 is 4.74 Å². The van der Waals surface area contributed by atoms with Crippen LogP contribution in [0.5, 0.6) is 5.75 Å². The lowest BCUT2D eigenvalue weighted by Gasteiger charge is -2.34. The maximum atomic E-state index is 5.80. The van der Waals surface area contributed by atoms with E-state index < -0.39 is 0 Å². The third kappa shape index (κ3) is 3.95. The van der Waals surface area contributed by atoms with Crippen molar-refractivity contribution in [3.63, 3.8) is 0 Å². The second kappa shape index (κ2) is 6.91. The lowest BCUT2D eigenvalue weighted by atomic mass is 10.2. The number of rotatable bonds is 5. The van der Waals surface area contributed by atoms with E-state index in [9.17, 15) is 0 Å². The molecule has 2 aromatic rings. The van der Waals surface area contributed by atoms with Gasteiger partial charge in [0.2, 0.25) is 0 Å². The number of aryl methyl sites for hydroxylation is 1. The standard InChI is InChI=1S/C16H21N3OS/c1-14-2-4-15(5-3-14)20-12-11-18-7-9-19(10-8-18)16-17-6-13-21-16/h2-6,13H,7-12H2,1H3. The molecule has 0 radical (unpaired) electrons. The minimum Gasteiger partial charge on any atom is -0.492 e. The molecule has 0 amide bonds. The average molecular weight is 303 g/mol. The van der Waals surface area contributed by atoms with E-state index in [-0.39, 0.29) is 0 Å². The Kier molecular flexibility index (Phi) is 4.72. The number of anilines is 1. The van der Waals surface area contributed by atoms with Crippen LogP contribution < -0.4 is 9.64 Å². The molecule has 21 heavy (non-hydrogen) atoms. The summed E-state index contributed by atoms with van der Waals surface area (Å²) in [6.45, 7) is 8.09. The zero-order chi connectivity index (χ0) is 14.5. The van der Waals surface area contributed by atoms with Gasteiger partial charge in [0, 0.05) is 44.3 Å². The van der Waals surface area contributed by atoms with Crippen molar-refractivity contribution in [2.45, 2.75) is 6.92 Å². The van der Waals surface area contributed by atoms with E-state index in [4.69, 9.17) is 4.74 Å². The highest BCUT2D eigenvalue weighted by Gasteiger charge is 2.18. The molecule has 1 fully saturated rings. The zero-order valence-corrected chi connectivity index (χ0v) is 13.2. The van der Waals surface area contributed by atoms with Crippen molar-refractivity contribution in [2.75, 3.05) is 44.2 Å². The maximum Gasteiger partial charge on any atom is 0.185 e. The summed E-state index contributed by atoms with van der Waals surface area (Å²) < 4.78 is 5.80. The van der Waals surface area contributed by atoms with Crippen molar-refractivity contribution in [2.24, 2.45) is 0 Å². The summed E-state index contributed by atoms with van der Waals surface area (Å²) >= 11 is 1.72. The van der Waals surface area contributed by atoms with E-state index in [1.165, 1.54) is 5.56 Å². The van der Waals surface area contributed by atoms with Gasteiger partial charge in [-0.15, -0.1) is 11.3 Å². The minimum atomic E-state index is 0.750. The second-order valence-electron chi connectivity index (χ2n) is 5.30. The van der Waals surface area contributed by atoms with Crippen molar-refractivity contribution in [3.05, 3.63) is 41.4 Å². The molecule has 0 unspecified atom stereocenters. The van der Waals surface area contributed by atoms with Gasteiger partial charge < -0.3 is 9.64 Å². The Morgan fingerprint density at radius 2 is 1.90 bits per heavy atom. The van der Waals surface area contributed by atoms with Gasteiger partial charge >= 0.3 is 0 Å². The summed E-state index contributed by atoms with van der Waals surface area (Å²) in [5, 5.41) is 3.18. The van der Waals surface area contributed by atoms with Gasteiger partial charge in [0.05, 0.1) is 0 Å². The van der Waals surface area contributed by atoms with Crippen LogP contribution in [0.2, 0.25) is 0 Å². The molecular formula is C16H21N3OS. The number of piperazine rings is 1. The fourth-order valence-corrected chi connectivity index (χ4v) is 3.16. The summed E-state index contributed by atoms with van der Waals surface area (Å²) in [5.74, 6) is 0.960. The number of aromatic nitrogens is 1. The molecule has 3 rings (SSSR count). The third-order valence-electron chi connectivity index (χ3n) is 3.76. The SMILES string of the molecule is Cc1ccc(OCCN2CCN(c3nccs3)CC2)cc1. The number of hydrogen-bond donors (Lipinski definition) is 0. The lowest BCUT2D eigenvalue weighted by Crippen LogP contribution is -2.47. The van der Waals surface area contributed by atoms with Gasteiger partial charge in [0.15, 0.2) is 5.13 Å². The molecule has 1 aliphatic heterocycles. The van der Waals surface area contributed by atoms with Crippen LogP contribution in [0.15, 0.2) is 35.8 Å². The fraction of sp³-hybridized carbons (Fsp3) is 0.438. The first-order valence-corrected chi connectivity index (χ1v) is 8.25. The van der Waals surface area contributed by atoms with Gasteiger partial charge in [-0.2, -0.15) is 0 Å². The average Bonchev–Trinajstić information content (AvgIpc) is 3.04. The highest BCUT2D eigenvalue weighted by molar-refractivity contribution is 7.13. The van der Waals surface area contributed by atoms with Gasteiger partial charge in [0.1, 0.15) is 12.4 Å². The van der Waals surface area contributed by atoms with Crippen LogP contribution in [-0.4, -0.2) is 49.2 Å². The molecule has 0 bridgehead atoms. The molecule has 0 atom stereocenters. The maximum absolute atomic E-state index is 5.80. The molecule has 1 saturated heterocycles. The van der Waals surface area contributed by atoms with E-state index in [0.717, 1.165) is 50.2 Å². The number of hydrogen-bond acceptors (Lipinski definition) is 5. The van der Waals surface area contributed by atoms with Gasteiger partial charge in [-0.3, -0.25) is 4.90 Å². The van der Waals surface area contributed by atoms with Crippen molar-refractivity contribution in [1.82, 2.24) is 9.88 Å². The van der Waals surface area contributed by atoms with Gasteiger partial charge in [-0.1, -0.05) is 17.7 Å². The van der Waals surface area contributed by atoms with Gasteiger partial charge in [0.25, 0.3) is 0 Å².